The summed E-state index contributed by atoms with van der Waals surface area (Å²) in [5, 5.41) is 7.32. The Hall–Kier alpha value is -1.78. The first kappa shape index (κ1) is 9.31. The average Bonchev–Trinajstić information content (AvgIpc) is 2.53. The van der Waals surface area contributed by atoms with Gasteiger partial charge in [-0.05, 0) is 19.1 Å². The largest absolute Gasteiger partial charge is 0.469 e. The molecule has 0 unspecified atom stereocenters. The first-order valence-corrected chi connectivity index (χ1v) is 3.83. The predicted molar refractivity (Wildman–Crippen MR) is 51.3 cm³/mol. The highest BCUT2D eigenvalue weighted by Gasteiger charge is 1.97. The minimum atomic E-state index is -0.0428. The van der Waals surface area contributed by atoms with Crippen molar-refractivity contribution < 1.29 is 4.42 Å². The second kappa shape index (κ2) is 4.30. The van der Waals surface area contributed by atoms with Gasteiger partial charge >= 0.3 is 0 Å². The van der Waals surface area contributed by atoms with Gasteiger partial charge in [-0.1, -0.05) is 0 Å². The van der Waals surface area contributed by atoms with Crippen LogP contribution in [0.25, 0.3) is 0 Å². The molecule has 0 fully saturated rings. The van der Waals surface area contributed by atoms with Crippen LogP contribution in [0.2, 0.25) is 0 Å². The fourth-order valence-electron chi connectivity index (χ4n) is 0.844. The lowest BCUT2D eigenvalue weighted by molar-refractivity contribution is 0.526. The maximum absolute atomic E-state index is 5.12. The van der Waals surface area contributed by atoms with Crippen LogP contribution in [0.1, 0.15) is 12.7 Å². The SMILES string of the molecule is CC(Cc1ccco1)=NN=C(N)N. The van der Waals surface area contributed by atoms with E-state index in [1.165, 1.54) is 0 Å². The summed E-state index contributed by atoms with van der Waals surface area (Å²) >= 11 is 0. The highest BCUT2D eigenvalue weighted by molar-refractivity contribution is 5.84. The minimum absolute atomic E-state index is 0.0428. The standard InChI is InChI=1S/C8H12N4O/c1-6(11-12-8(9)10)5-7-3-2-4-13-7/h2-4H,5H2,1H3,(H4,9,10,12). The molecular weight excluding hydrogens is 168 g/mol. The zero-order valence-corrected chi connectivity index (χ0v) is 7.40. The molecular formula is C8H12N4O. The Balaban J connectivity index is 2.55. The molecule has 0 atom stereocenters. The summed E-state index contributed by atoms with van der Waals surface area (Å²) in [5.41, 5.74) is 11.0. The highest BCUT2D eigenvalue weighted by Crippen LogP contribution is 2.01. The maximum atomic E-state index is 5.12. The lowest BCUT2D eigenvalue weighted by Gasteiger charge is -1.93. The molecule has 0 radical (unpaired) electrons. The van der Waals surface area contributed by atoms with Crippen molar-refractivity contribution in [1.82, 2.24) is 0 Å². The molecule has 0 bridgehead atoms. The molecule has 0 aliphatic heterocycles. The smallest absolute Gasteiger partial charge is 0.211 e. The fraction of sp³-hybridized carbons (Fsp3) is 0.250. The monoisotopic (exact) mass is 180 g/mol. The number of nitrogens with two attached hydrogens (primary N) is 2. The van der Waals surface area contributed by atoms with Crippen molar-refractivity contribution in [3.63, 3.8) is 0 Å². The quantitative estimate of drug-likeness (QED) is 0.402. The molecule has 0 spiro atoms. The Morgan fingerprint density at radius 1 is 1.46 bits per heavy atom. The molecule has 0 saturated carbocycles. The first-order chi connectivity index (χ1) is 6.18. The van der Waals surface area contributed by atoms with Crippen molar-refractivity contribution in [2.45, 2.75) is 13.3 Å². The molecule has 4 N–H and O–H groups in total. The van der Waals surface area contributed by atoms with Crippen LogP contribution in [0.15, 0.2) is 33.0 Å². The molecule has 13 heavy (non-hydrogen) atoms. The topological polar surface area (TPSA) is 89.9 Å². The average molecular weight is 180 g/mol. The van der Waals surface area contributed by atoms with Crippen LogP contribution in [0.4, 0.5) is 0 Å². The van der Waals surface area contributed by atoms with Crippen LogP contribution < -0.4 is 11.5 Å². The van der Waals surface area contributed by atoms with Crippen LogP contribution in [-0.4, -0.2) is 11.7 Å². The van der Waals surface area contributed by atoms with Gasteiger partial charge in [-0.25, -0.2) is 0 Å². The van der Waals surface area contributed by atoms with Crippen LogP contribution in [0, 0.1) is 0 Å². The predicted octanol–water partition coefficient (Wildman–Crippen LogP) is 0.471. The third-order valence-corrected chi connectivity index (χ3v) is 1.35. The van der Waals surface area contributed by atoms with Crippen LogP contribution in [-0.2, 0) is 6.42 Å². The minimum Gasteiger partial charge on any atom is -0.469 e. The molecule has 70 valence electrons. The van der Waals surface area contributed by atoms with Gasteiger partial charge < -0.3 is 15.9 Å². The number of hydrogen-bond donors (Lipinski definition) is 2. The van der Waals surface area contributed by atoms with Gasteiger partial charge in [-0.2, -0.15) is 5.10 Å². The molecule has 1 heterocycles. The third kappa shape index (κ3) is 3.42. The number of hydrogen-bond acceptors (Lipinski definition) is 3. The molecule has 5 nitrogen and oxygen atoms in total. The number of furan rings is 1. The Bertz CT molecular complexity index is 309. The maximum Gasteiger partial charge on any atom is 0.211 e. The van der Waals surface area contributed by atoms with E-state index in [1.54, 1.807) is 6.26 Å². The van der Waals surface area contributed by atoms with E-state index in [4.69, 9.17) is 15.9 Å². The fourth-order valence-corrected chi connectivity index (χ4v) is 0.844. The van der Waals surface area contributed by atoms with E-state index in [0.29, 0.717) is 6.42 Å². The van der Waals surface area contributed by atoms with E-state index in [2.05, 4.69) is 10.2 Å². The normalized spacial score (nSPS) is 11.3. The number of guanidine groups is 1. The van der Waals surface area contributed by atoms with E-state index >= 15 is 0 Å². The summed E-state index contributed by atoms with van der Waals surface area (Å²) in [6, 6.07) is 3.69. The van der Waals surface area contributed by atoms with E-state index < -0.39 is 0 Å². The van der Waals surface area contributed by atoms with Crippen molar-refractivity contribution in [2.24, 2.45) is 21.7 Å². The van der Waals surface area contributed by atoms with Gasteiger partial charge in [-0.15, -0.1) is 5.10 Å². The molecule has 1 aromatic rings. The first-order valence-electron chi connectivity index (χ1n) is 3.83. The Morgan fingerprint density at radius 2 is 2.23 bits per heavy atom. The van der Waals surface area contributed by atoms with E-state index in [9.17, 15) is 0 Å². The second-order valence-corrected chi connectivity index (χ2v) is 2.62. The molecule has 0 saturated heterocycles. The molecule has 1 rings (SSSR count). The Morgan fingerprint density at radius 3 is 2.77 bits per heavy atom. The van der Waals surface area contributed by atoms with E-state index in [0.717, 1.165) is 11.5 Å². The van der Waals surface area contributed by atoms with Crippen LogP contribution in [0.5, 0.6) is 0 Å². The van der Waals surface area contributed by atoms with E-state index in [-0.39, 0.29) is 5.96 Å². The zero-order chi connectivity index (χ0) is 9.68. The summed E-state index contributed by atoms with van der Waals surface area (Å²) in [5.74, 6) is 0.797. The summed E-state index contributed by atoms with van der Waals surface area (Å²) in [7, 11) is 0. The zero-order valence-electron chi connectivity index (χ0n) is 7.40. The molecule has 1 aromatic heterocycles. The van der Waals surface area contributed by atoms with E-state index in [1.807, 2.05) is 19.1 Å². The molecule has 0 aliphatic rings. The summed E-state index contributed by atoms with van der Waals surface area (Å²) < 4.78 is 5.12. The second-order valence-electron chi connectivity index (χ2n) is 2.62. The van der Waals surface area contributed by atoms with Crippen molar-refractivity contribution in [1.29, 1.82) is 0 Å². The van der Waals surface area contributed by atoms with Crippen molar-refractivity contribution in [3.8, 4) is 0 Å². The lowest BCUT2D eigenvalue weighted by Crippen LogP contribution is -2.22. The molecule has 5 heteroatoms. The van der Waals surface area contributed by atoms with Crippen molar-refractivity contribution in [3.05, 3.63) is 24.2 Å². The Labute approximate surface area is 76.1 Å². The lowest BCUT2D eigenvalue weighted by atomic mass is 10.2. The Kier molecular flexibility index (Phi) is 3.08. The van der Waals surface area contributed by atoms with Gasteiger partial charge in [0.1, 0.15) is 5.76 Å². The summed E-state index contributed by atoms with van der Waals surface area (Å²) in [6.45, 7) is 1.83. The summed E-state index contributed by atoms with van der Waals surface area (Å²) in [4.78, 5) is 0. The van der Waals surface area contributed by atoms with Crippen molar-refractivity contribution >= 4 is 11.7 Å². The van der Waals surface area contributed by atoms with Gasteiger partial charge in [0.15, 0.2) is 0 Å². The van der Waals surface area contributed by atoms with Gasteiger partial charge in [0.05, 0.1) is 6.26 Å². The van der Waals surface area contributed by atoms with Crippen molar-refractivity contribution in [2.75, 3.05) is 0 Å². The van der Waals surface area contributed by atoms with Gasteiger partial charge in [0.25, 0.3) is 0 Å². The number of nitrogens with zero attached hydrogens (tertiary/aromatic N) is 2. The third-order valence-electron chi connectivity index (χ3n) is 1.35. The highest BCUT2D eigenvalue weighted by atomic mass is 16.3. The molecule has 0 aliphatic carbocycles. The van der Waals surface area contributed by atoms with Crippen LogP contribution in [0.3, 0.4) is 0 Å². The number of rotatable bonds is 3. The summed E-state index contributed by atoms with van der Waals surface area (Å²) in [6.07, 6.45) is 2.23. The molecule has 0 amide bonds. The van der Waals surface area contributed by atoms with Gasteiger partial charge in [0.2, 0.25) is 5.96 Å². The van der Waals surface area contributed by atoms with Crippen LogP contribution >= 0.6 is 0 Å². The van der Waals surface area contributed by atoms with Gasteiger partial charge in [-0.3, -0.25) is 0 Å². The molecule has 0 aromatic carbocycles. The van der Waals surface area contributed by atoms with Gasteiger partial charge in [0, 0.05) is 12.1 Å².